The average molecular weight is 382 g/mol. The molecule has 0 saturated heterocycles. The second kappa shape index (κ2) is 8.16. The molecule has 0 radical (unpaired) electrons. The molecule has 0 aliphatic rings. The molecule has 146 valence electrons. The van der Waals surface area contributed by atoms with E-state index in [1.807, 2.05) is 13.8 Å². The molecule has 0 unspecified atom stereocenters. The standard InChI is InChI=1S/C20H22N4O4/c1-5-27-16-8-6-15(7-9-16)19(26)14(4)28-18(25)10-17-12(2)23-20-21-11-22-24(20)13(17)3/h6-9,11,14H,5,10H2,1-4H3/t14-/m0/s1. The maximum Gasteiger partial charge on any atom is 0.311 e. The first-order valence-electron chi connectivity index (χ1n) is 9.03. The molecule has 0 saturated carbocycles. The van der Waals surface area contributed by atoms with E-state index in [4.69, 9.17) is 9.47 Å². The minimum atomic E-state index is -0.894. The molecule has 0 bridgehead atoms. The van der Waals surface area contributed by atoms with Crippen LogP contribution in [-0.4, -0.2) is 44.0 Å². The highest BCUT2D eigenvalue weighted by molar-refractivity contribution is 6.00. The Morgan fingerprint density at radius 1 is 1.18 bits per heavy atom. The first-order chi connectivity index (χ1) is 13.4. The predicted molar refractivity (Wildman–Crippen MR) is 101 cm³/mol. The van der Waals surface area contributed by atoms with Crippen LogP contribution in [-0.2, 0) is 16.0 Å². The number of ketones is 1. The van der Waals surface area contributed by atoms with Gasteiger partial charge >= 0.3 is 5.97 Å². The van der Waals surface area contributed by atoms with Crippen LogP contribution >= 0.6 is 0 Å². The Kier molecular flexibility index (Phi) is 5.67. The van der Waals surface area contributed by atoms with Crippen LogP contribution in [0.5, 0.6) is 5.75 Å². The first kappa shape index (κ1) is 19.5. The van der Waals surface area contributed by atoms with Gasteiger partial charge in [0.05, 0.1) is 13.0 Å². The summed E-state index contributed by atoms with van der Waals surface area (Å²) in [7, 11) is 0. The molecule has 1 atom stereocenters. The SMILES string of the molecule is CCOc1ccc(C(=O)[C@H](C)OC(=O)Cc2c(C)nc3ncnn3c2C)cc1. The highest BCUT2D eigenvalue weighted by atomic mass is 16.5. The van der Waals surface area contributed by atoms with Crippen molar-refractivity contribution in [1.82, 2.24) is 19.6 Å². The number of aryl methyl sites for hydroxylation is 2. The summed E-state index contributed by atoms with van der Waals surface area (Å²) in [5.41, 5.74) is 2.62. The van der Waals surface area contributed by atoms with Gasteiger partial charge < -0.3 is 9.47 Å². The summed E-state index contributed by atoms with van der Waals surface area (Å²) in [6.07, 6.45) is 0.518. The number of fused-ring (bicyclic) bond motifs is 1. The number of carbonyl (C=O) groups excluding carboxylic acids is 2. The number of benzene rings is 1. The molecule has 3 aromatic rings. The molecule has 3 rings (SSSR count). The van der Waals surface area contributed by atoms with Crippen molar-refractivity contribution < 1.29 is 19.1 Å². The van der Waals surface area contributed by atoms with Gasteiger partial charge in [-0.15, -0.1) is 0 Å². The fraction of sp³-hybridized carbons (Fsp3) is 0.350. The molecule has 0 amide bonds. The highest BCUT2D eigenvalue weighted by Crippen LogP contribution is 2.17. The highest BCUT2D eigenvalue weighted by Gasteiger charge is 2.21. The van der Waals surface area contributed by atoms with Gasteiger partial charge in [0.25, 0.3) is 5.78 Å². The van der Waals surface area contributed by atoms with Crippen molar-refractivity contribution in [2.24, 2.45) is 0 Å². The molecule has 28 heavy (non-hydrogen) atoms. The maximum atomic E-state index is 12.5. The van der Waals surface area contributed by atoms with E-state index in [0.29, 0.717) is 35.0 Å². The quantitative estimate of drug-likeness (QED) is 0.457. The lowest BCUT2D eigenvalue weighted by molar-refractivity contribution is -0.145. The van der Waals surface area contributed by atoms with Crippen molar-refractivity contribution in [3.05, 3.63) is 53.1 Å². The third-order valence-corrected chi connectivity index (χ3v) is 4.44. The fourth-order valence-corrected chi connectivity index (χ4v) is 2.96. The zero-order chi connectivity index (χ0) is 20.3. The zero-order valence-electron chi connectivity index (χ0n) is 16.3. The van der Waals surface area contributed by atoms with Crippen molar-refractivity contribution in [3.8, 4) is 5.75 Å². The molecular formula is C20H22N4O4. The van der Waals surface area contributed by atoms with Gasteiger partial charge in [0, 0.05) is 22.5 Å². The summed E-state index contributed by atoms with van der Waals surface area (Å²) >= 11 is 0. The number of hydrogen-bond acceptors (Lipinski definition) is 7. The molecule has 0 spiro atoms. The number of esters is 1. The van der Waals surface area contributed by atoms with Gasteiger partial charge in [0.1, 0.15) is 12.1 Å². The minimum absolute atomic E-state index is 0.00135. The number of aromatic nitrogens is 4. The van der Waals surface area contributed by atoms with Crippen molar-refractivity contribution in [2.45, 2.75) is 40.2 Å². The van der Waals surface area contributed by atoms with Crippen LogP contribution in [0.15, 0.2) is 30.6 Å². The van der Waals surface area contributed by atoms with E-state index in [2.05, 4.69) is 15.1 Å². The summed E-state index contributed by atoms with van der Waals surface area (Å²) in [6, 6.07) is 6.76. The molecule has 0 aliphatic carbocycles. The third kappa shape index (κ3) is 4.00. The van der Waals surface area contributed by atoms with Crippen LogP contribution in [0.25, 0.3) is 5.78 Å². The van der Waals surface area contributed by atoms with Gasteiger partial charge in [-0.3, -0.25) is 9.59 Å². The van der Waals surface area contributed by atoms with Crippen molar-refractivity contribution in [2.75, 3.05) is 6.61 Å². The van der Waals surface area contributed by atoms with Gasteiger partial charge in [-0.05, 0) is 52.0 Å². The monoisotopic (exact) mass is 382 g/mol. The largest absolute Gasteiger partial charge is 0.494 e. The second-order valence-corrected chi connectivity index (χ2v) is 6.36. The molecule has 1 aromatic carbocycles. The predicted octanol–water partition coefficient (Wildman–Crippen LogP) is 2.50. The van der Waals surface area contributed by atoms with E-state index in [-0.39, 0.29) is 12.2 Å². The third-order valence-electron chi connectivity index (χ3n) is 4.44. The van der Waals surface area contributed by atoms with Gasteiger partial charge in [-0.1, -0.05) is 0 Å². The summed E-state index contributed by atoms with van der Waals surface area (Å²) in [6.45, 7) is 7.65. The molecule has 8 nitrogen and oxygen atoms in total. The van der Waals surface area contributed by atoms with Crippen molar-refractivity contribution >= 4 is 17.5 Å². The van der Waals surface area contributed by atoms with Gasteiger partial charge in [0.2, 0.25) is 5.78 Å². The molecular weight excluding hydrogens is 360 g/mol. The van der Waals surface area contributed by atoms with Crippen LogP contribution in [0.2, 0.25) is 0 Å². The van der Waals surface area contributed by atoms with Crippen molar-refractivity contribution in [3.63, 3.8) is 0 Å². The smallest absolute Gasteiger partial charge is 0.311 e. The van der Waals surface area contributed by atoms with E-state index in [0.717, 1.165) is 5.69 Å². The van der Waals surface area contributed by atoms with E-state index in [1.54, 1.807) is 42.6 Å². The fourth-order valence-electron chi connectivity index (χ4n) is 2.96. The number of hydrogen-bond donors (Lipinski definition) is 0. The summed E-state index contributed by atoms with van der Waals surface area (Å²) in [4.78, 5) is 33.3. The lowest BCUT2D eigenvalue weighted by Crippen LogP contribution is -2.26. The molecule has 2 aromatic heterocycles. The van der Waals surface area contributed by atoms with Gasteiger partial charge in [-0.25, -0.2) is 9.50 Å². The molecule has 8 heteroatoms. The Bertz CT molecular complexity index is 1010. The number of ether oxygens (including phenoxy) is 2. The second-order valence-electron chi connectivity index (χ2n) is 6.36. The number of carbonyl (C=O) groups is 2. The summed E-state index contributed by atoms with van der Waals surface area (Å²) in [5.74, 6) is 0.394. The topological polar surface area (TPSA) is 95.7 Å². The maximum absolute atomic E-state index is 12.5. The van der Waals surface area contributed by atoms with E-state index < -0.39 is 12.1 Å². The van der Waals surface area contributed by atoms with Gasteiger partial charge in [-0.2, -0.15) is 10.1 Å². The normalized spacial score (nSPS) is 12.0. The van der Waals surface area contributed by atoms with E-state index in [1.165, 1.54) is 6.33 Å². The van der Waals surface area contributed by atoms with Crippen LogP contribution in [0.3, 0.4) is 0 Å². The Hall–Kier alpha value is -3.29. The average Bonchev–Trinajstić information content (AvgIpc) is 3.14. The molecule has 0 fully saturated rings. The lowest BCUT2D eigenvalue weighted by Gasteiger charge is -2.14. The van der Waals surface area contributed by atoms with E-state index >= 15 is 0 Å². The number of rotatable bonds is 7. The minimum Gasteiger partial charge on any atom is -0.494 e. The molecule has 0 N–H and O–H groups in total. The zero-order valence-corrected chi connectivity index (χ0v) is 16.3. The number of nitrogens with zero attached hydrogens (tertiary/aromatic N) is 4. The van der Waals surface area contributed by atoms with Crippen LogP contribution < -0.4 is 4.74 Å². The van der Waals surface area contributed by atoms with E-state index in [9.17, 15) is 9.59 Å². The lowest BCUT2D eigenvalue weighted by atomic mass is 10.1. The van der Waals surface area contributed by atoms with Crippen molar-refractivity contribution in [1.29, 1.82) is 0 Å². The summed E-state index contributed by atoms with van der Waals surface area (Å²) < 4.78 is 12.3. The Morgan fingerprint density at radius 2 is 1.89 bits per heavy atom. The van der Waals surface area contributed by atoms with Crippen LogP contribution in [0.4, 0.5) is 0 Å². The van der Waals surface area contributed by atoms with Crippen LogP contribution in [0.1, 0.15) is 41.2 Å². The Labute approximate surface area is 162 Å². The molecule has 2 heterocycles. The van der Waals surface area contributed by atoms with Crippen LogP contribution in [0, 0.1) is 13.8 Å². The summed E-state index contributed by atoms with van der Waals surface area (Å²) in [5, 5.41) is 4.10. The number of Topliss-reactive ketones (excluding diaryl/α,β-unsaturated/α-hetero) is 1. The first-order valence-corrected chi connectivity index (χ1v) is 9.03. The van der Waals surface area contributed by atoms with Gasteiger partial charge in [0.15, 0.2) is 6.10 Å². The Morgan fingerprint density at radius 3 is 2.57 bits per heavy atom. The Balaban J connectivity index is 1.68. The molecule has 0 aliphatic heterocycles.